The van der Waals surface area contributed by atoms with E-state index in [4.69, 9.17) is 28.4 Å². The molecule has 4 aromatic carbocycles. The van der Waals surface area contributed by atoms with Gasteiger partial charge in [-0.15, -0.1) is 0 Å². The van der Waals surface area contributed by atoms with Crippen molar-refractivity contribution >= 4 is 0 Å². The van der Waals surface area contributed by atoms with E-state index < -0.39 is 11.9 Å². The summed E-state index contributed by atoms with van der Waals surface area (Å²) in [7, 11) is 0. The summed E-state index contributed by atoms with van der Waals surface area (Å²) in [6.45, 7) is 9.29. The second-order valence-corrected chi connectivity index (χ2v) is 13.2. The van der Waals surface area contributed by atoms with Crippen molar-refractivity contribution in [3.63, 3.8) is 0 Å². The van der Waals surface area contributed by atoms with Gasteiger partial charge >= 0.3 is 11.9 Å². The fourth-order valence-corrected chi connectivity index (χ4v) is 7.45. The van der Waals surface area contributed by atoms with Crippen LogP contribution in [0.15, 0.2) is 109 Å². The van der Waals surface area contributed by atoms with Gasteiger partial charge in [0.15, 0.2) is 12.2 Å². The highest BCUT2D eigenvalue weighted by Crippen LogP contribution is 2.60. The summed E-state index contributed by atoms with van der Waals surface area (Å²) in [5, 5.41) is 0. The molecule has 2 aliphatic heterocycles. The largest absolute Gasteiger partial charge is 0.437 e. The molecule has 7 rings (SSSR count). The monoisotopic (exact) mass is 634 g/mol. The first-order chi connectivity index (χ1) is 22.9. The van der Waals surface area contributed by atoms with E-state index >= 15 is 0 Å². The van der Waals surface area contributed by atoms with Crippen LogP contribution >= 0.6 is 0 Å². The molecular formula is C41H46O6. The van der Waals surface area contributed by atoms with Crippen LogP contribution in [0.2, 0.25) is 0 Å². The highest BCUT2D eigenvalue weighted by atomic mass is 17.0. The Kier molecular flexibility index (Phi) is 8.88. The van der Waals surface area contributed by atoms with Crippen LogP contribution in [0.4, 0.5) is 0 Å². The molecule has 1 saturated carbocycles. The quantitative estimate of drug-likeness (QED) is 0.102. The highest BCUT2D eigenvalue weighted by molar-refractivity contribution is 5.51. The smallest absolute Gasteiger partial charge is 0.355 e. The molecule has 6 nitrogen and oxygen atoms in total. The number of hydrogen-bond donors (Lipinski definition) is 0. The summed E-state index contributed by atoms with van der Waals surface area (Å²) in [6.07, 6.45) is 3.57. The molecule has 3 fully saturated rings. The van der Waals surface area contributed by atoms with Crippen molar-refractivity contribution in [1.29, 1.82) is 0 Å². The maximum absolute atomic E-state index is 6.31. The highest BCUT2D eigenvalue weighted by Gasteiger charge is 2.60. The van der Waals surface area contributed by atoms with Crippen molar-refractivity contribution < 1.29 is 28.4 Å². The van der Waals surface area contributed by atoms with Crippen LogP contribution in [-0.2, 0) is 24.4 Å². The van der Waals surface area contributed by atoms with Crippen LogP contribution in [-0.4, -0.2) is 37.4 Å². The molecule has 1 aliphatic carbocycles. The number of rotatable bonds is 14. The van der Waals surface area contributed by atoms with Gasteiger partial charge in [0.2, 0.25) is 0 Å². The number of ether oxygens (including phenoxy) is 6. The first kappa shape index (κ1) is 31.9. The summed E-state index contributed by atoms with van der Waals surface area (Å²) in [5.74, 6) is 0.0979. The Labute approximate surface area is 278 Å². The summed E-state index contributed by atoms with van der Waals surface area (Å²) in [6, 6.07) is 39.1. The van der Waals surface area contributed by atoms with Gasteiger partial charge in [-0.05, 0) is 97.9 Å². The van der Waals surface area contributed by atoms with Gasteiger partial charge in [-0.1, -0.05) is 98.8 Å². The molecule has 2 saturated heterocycles. The topological polar surface area (TPSA) is 62.0 Å². The van der Waals surface area contributed by atoms with Gasteiger partial charge in [0.1, 0.15) is 11.5 Å². The van der Waals surface area contributed by atoms with Crippen LogP contribution in [0.3, 0.4) is 0 Å². The van der Waals surface area contributed by atoms with Crippen molar-refractivity contribution in [1.82, 2.24) is 0 Å². The first-order valence-corrected chi connectivity index (χ1v) is 17.2. The van der Waals surface area contributed by atoms with E-state index in [1.165, 1.54) is 22.3 Å². The van der Waals surface area contributed by atoms with Gasteiger partial charge in [0.25, 0.3) is 0 Å². The zero-order valence-electron chi connectivity index (χ0n) is 27.9. The van der Waals surface area contributed by atoms with E-state index in [0.717, 1.165) is 37.2 Å². The molecule has 0 radical (unpaired) electrons. The molecule has 0 bridgehead atoms. The lowest BCUT2D eigenvalue weighted by Gasteiger charge is -2.38. The molecule has 6 heteroatoms. The maximum Gasteiger partial charge on any atom is 0.355 e. The zero-order chi connectivity index (χ0) is 32.5. The lowest BCUT2D eigenvalue weighted by Crippen LogP contribution is -2.31. The second-order valence-electron chi connectivity index (χ2n) is 13.2. The molecule has 3 aliphatic rings. The third-order valence-electron chi connectivity index (χ3n) is 9.99. The van der Waals surface area contributed by atoms with Crippen molar-refractivity contribution in [2.75, 3.05) is 13.2 Å². The minimum atomic E-state index is -0.996. The lowest BCUT2D eigenvalue weighted by atomic mass is 9.65. The van der Waals surface area contributed by atoms with E-state index in [2.05, 4.69) is 123 Å². The Balaban J connectivity index is 1.27. The number of epoxide rings is 2. The Morgan fingerprint density at radius 3 is 1.43 bits per heavy atom. The van der Waals surface area contributed by atoms with Gasteiger partial charge in [-0.2, -0.15) is 0 Å². The van der Waals surface area contributed by atoms with Crippen LogP contribution in [0, 0.1) is 0 Å². The van der Waals surface area contributed by atoms with Crippen LogP contribution in [0.5, 0.6) is 11.5 Å². The zero-order valence-corrected chi connectivity index (χ0v) is 27.9. The van der Waals surface area contributed by atoms with Crippen molar-refractivity contribution in [2.24, 2.45) is 0 Å². The van der Waals surface area contributed by atoms with E-state index in [1.54, 1.807) is 0 Å². The Hall–Kier alpha value is -3.68. The van der Waals surface area contributed by atoms with Gasteiger partial charge in [0, 0.05) is 5.41 Å². The van der Waals surface area contributed by atoms with Crippen LogP contribution in [0.25, 0.3) is 0 Å². The molecule has 6 unspecified atom stereocenters. The van der Waals surface area contributed by atoms with Crippen molar-refractivity contribution in [3.8, 4) is 11.5 Å². The van der Waals surface area contributed by atoms with E-state index in [1.807, 2.05) is 13.8 Å². The van der Waals surface area contributed by atoms with Gasteiger partial charge in [-0.25, -0.2) is 0 Å². The molecule has 0 N–H and O–H groups in total. The molecule has 2 heterocycles. The predicted molar refractivity (Wildman–Crippen MR) is 182 cm³/mol. The van der Waals surface area contributed by atoms with E-state index in [9.17, 15) is 0 Å². The molecular weight excluding hydrogens is 588 g/mol. The third kappa shape index (κ3) is 6.20. The number of benzene rings is 4. The normalized spacial score (nSPS) is 31.0. The summed E-state index contributed by atoms with van der Waals surface area (Å²) >= 11 is 0. The van der Waals surface area contributed by atoms with Crippen LogP contribution in [0.1, 0.15) is 87.5 Å². The van der Waals surface area contributed by atoms with Crippen LogP contribution < -0.4 is 9.47 Å². The average molecular weight is 635 g/mol. The van der Waals surface area contributed by atoms with Gasteiger partial charge in [0.05, 0.1) is 13.2 Å². The molecule has 6 atom stereocenters. The maximum atomic E-state index is 6.31. The Bertz CT molecular complexity index is 1530. The Morgan fingerprint density at radius 2 is 1.02 bits per heavy atom. The lowest BCUT2D eigenvalue weighted by molar-refractivity contribution is -0.174. The van der Waals surface area contributed by atoms with Crippen molar-refractivity contribution in [2.45, 2.75) is 94.8 Å². The molecule has 0 amide bonds. The minimum Gasteiger partial charge on any atom is -0.437 e. The first-order valence-electron chi connectivity index (χ1n) is 17.2. The van der Waals surface area contributed by atoms with Gasteiger partial charge < -0.3 is 28.4 Å². The molecule has 4 aromatic rings. The third-order valence-corrected chi connectivity index (χ3v) is 9.99. The molecule has 0 aromatic heterocycles. The average Bonchev–Trinajstić information content (AvgIpc) is 3.88. The standard InChI is InChI=1S/C41H46O6/c1-5-25-42-40(29(3)44-40)46-36-21-17-34(18-22-36)39(35-19-23-37(24-20-35)47-41(30(4)45-41)43-26-6-2)28-33(31-13-9-7-10-14-31)27-38(39)32-15-11-8-12-16-32/h7-24,29-30,33,38H,5-6,25-28H2,1-4H3. The van der Waals surface area contributed by atoms with E-state index in [0.29, 0.717) is 19.1 Å². The fourth-order valence-electron chi connectivity index (χ4n) is 7.45. The van der Waals surface area contributed by atoms with E-state index in [-0.39, 0.29) is 23.5 Å². The summed E-state index contributed by atoms with van der Waals surface area (Å²) in [4.78, 5) is 0. The summed E-state index contributed by atoms with van der Waals surface area (Å²) < 4.78 is 36.1. The molecule has 47 heavy (non-hydrogen) atoms. The minimum absolute atomic E-state index is 0.111. The fraction of sp³-hybridized carbons (Fsp3) is 0.415. The molecule has 0 spiro atoms. The second kappa shape index (κ2) is 13.1. The van der Waals surface area contributed by atoms with Crippen molar-refractivity contribution in [3.05, 3.63) is 131 Å². The molecule has 246 valence electrons. The predicted octanol–water partition coefficient (Wildman–Crippen LogP) is 9.09. The SMILES string of the molecule is CCCOC1(Oc2ccc(C3(c4ccc(OC5(OCCC)OC5C)cc4)CC(c4ccccc4)CC3c3ccccc3)cc2)OC1C. The number of hydrogen-bond acceptors (Lipinski definition) is 6. The van der Waals surface area contributed by atoms with Gasteiger partial charge in [-0.3, -0.25) is 0 Å². The Morgan fingerprint density at radius 1 is 0.596 bits per heavy atom. The summed E-state index contributed by atoms with van der Waals surface area (Å²) in [5.41, 5.74) is 4.91.